The highest BCUT2D eigenvalue weighted by molar-refractivity contribution is 7.20. The smallest absolute Gasteiger partial charge is 0.258 e. The second-order valence-corrected chi connectivity index (χ2v) is 6.49. The first kappa shape index (κ1) is 14.7. The number of thiophene rings is 1. The molecule has 6 heteroatoms. The molecule has 1 N–H and O–H groups in total. The predicted octanol–water partition coefficient (Wildman–Crippen LogP) is 5.09. The van der Waals surface area contributed by atoms with Gasteiger partial charge in [0.15, 0.2) is 0 Å². The maximum atomic E-state index is 12.0. The Morgan fingerprint density at radius 3 is 2.42 bits per heavy atom. The van der Waals surface area contributed by atoms with E-state index in [0.29, 0.717) is 25.8 Å². The number of benzene rings is 1. The molecule has 1 amide bonds. The normalized spacial score (nSPS) is 10.5. The largest absolute Gasteiger partial charge is 0.322 e. The molecule has 100 valence electrons. The molecule has 1 aromatic heterocycles. The third-order valence-electron chi connectivity index (χ3n) is 2.50. The van der Waals surface area contributed by atoms with Gasteiger partial charge in [0.2, 0.25) is 0 Å². The number of halogens is 3. The second kappa shape index (κ2) is 6.62. The molecule has 0 aliphatic rings. The van der Waals surface area contributed by atoms with E-state index in [4.69, 9.17) is 34.8 Å². The lowest BCUT2D eigenvalue weighted by Crippen LogP contribution is -2.11. The lowest BCUT2D eigenvalue weighted by molar-refractivity contribution is 0.102. The standard InChI is InChI=1S/C13H10Cl3NOS/c14-6-5-8-1-3-9(4-2-8)17-13(18)10-7-11(15)19-12(10)16/h1-4,7H,5-6H2,(H,17,18). The van der Waals surface area contributed by atoms with Crippen LogP contribution in [0.25, 0.3) is 0 Å². The van der Waals surface area contributed by atoms with Gasteiger partial charge in [-0.15, -0.1) is 22.9 Å². The van der Waals surface area contributed by atoms with Crippen LogP contribution in [0, 0.1) is 0 Å². The summed E-state index contributed by atoms with van der Waals surface area (Å²) >= 11 is 18.6. The summed E-state index contributed by atoms with van der Waals surface area (Å²) in [5, 5.41) is 2.77. The summed E-state index contributed by atoms with van der Waals surface area (Å²) < 4.78 is 0.883. The van der Waals surface area contributed by atoms with Crippen molar-refractivity contribution < 1.29 is 4.79 Å². The average Bonchev–Trinajstić information content (AvgIpc) is 2.71. The Kier molecular flexibility index (Phi) is 5.11. The number of hydrogen-bond donors (Lipinski definition) is 1. The number of hydrogen-bond acceptors (Lipinski definition) is 2. The van der Waals surface area contributed by atoms with Crippen LogP contribution < -0.4 is 5.32 Å². The number of anilines is 1. The van der Waals surface area contributed by atoms with Crippen LogP contribution in [0.5, 0.6) is 0 Å². The van der Waals surface area contributed by atoms with Gasteiger partial charge in [0.05, 0.1) is 9.90 Å². The van der Waals surface area contributed by atoms with E-state index in [1.54, 1.807) is 6.07 Å². The number of nitrogens with one attached hydrogen (secondary N) is 1. The topological polar surface area (TPSA) is 29.1 Å². The van der Waals surface area contributed by atoms with Gasteiger partial charge in [-0.05, 0) is 30.2 Å². The molecular weight excluding hydrogens is 325 g/mol. The summed E-state index contributed by atoms with van der Waals surface area (Å²) in [5.41, 5.74) is 2.23. The first-order valence-electron chi connectivity index (χ1n) is 5.51. The Labute approximate surface area is 130 Å². The number of rotatable bonds is 4. The van der Waals surface area contributed by atoms with Crippen LogP contribution in [0.1, 0.15) is 15.9 Å². The lowest BCUT2D eigenvalue weighted by Gasteiger charge is -2.05. The molecule has 1 aromatic carbocycles. The maximum absolute atomic E-state index is 12.0. The molecule has 0 saturated heterocycles. The molecule has 0 fully saturated rings. The van der Waals surface area contributed by atoms with E-state index in [9.17, 15) is 4.79 Å². The van der Waals surface area contributed by atoms with E-state index >= 15 is 0 Å². The van der Waals surface area contributed by atoms with Crippen LogP contribution in [0.2, 0.25) is 8.67 Å². The van der Waals surface area contributed by atoms with E-state index in [0.717, 1.165) is 12.0 Å². The van der Waals surface area contributed by atoms with Crippen molar-refractivity contribution >= 4 is 57.7 Å². The van der Waals surface area contributed by atoms with Crippen LogP contribution in [-0.4, -0.2) is 11.8 Å². The third-order valence-corrected chi connectivity index (χ3v) is 4.17. The zero-order valence-corrected chi connectivity index (χ0v) is 12.8. The Morgan fingerprint density at radius 2 is 1.89 bits per heavy atom. The van der Waals surface area contributed by atoms with Gasteiger partial charge in [-0.3, -0.25) is 4.79 Å². The van der Waals surface area contributed by atoms with Gasteiger partial charge in [0.1, 0.15) is 4.34 Å². The first-order valence-corrected chi connectivity index (χ1v) is 7.62. The Bertz CT molecular complexity index is 580. The summed E-state index contributed by atoms with van der Waals surface area (Å²) in [6.07, 6.45) is 0.807. The molecule has 0 bridgehead atoms. The molecule has 2 nitrogen and oxygen atoms in total. The van der Waals surface area contributed by atoms with E-state index in [1.165, 1.54) is 11.3 Å². The lowest BCUT2D eigenvalue weighted by atomic mass is 10.1. The Morgan fingerprint density at radius 1 is 1.21 bits per heavy atom. The van der Waals surface area contributed by atoms with Gasteiger partial charge in [-0.2, -0.15) is 0 Å². The van der Waals surface area contributed by atoms with E-state index < -0.39 is 0 Å². The summed E-state index contributed by atoms with van der Waals surface area (Å²) in [6, 6.07) is 9.09. The highest BCUT2D eigenvalue weighted by atomic mass is 35.5. The molecular formula is C13H10Cl3NOS. The number of alkyl halides is 1. The molecule has 0 spiro atoms. The molecule has 0 aliphatic carbocycles. The van der Waals surface area contributed by atoms with E-state index in [1.807, 2.05) is 24.3 Å². The van der Waals surface area contributed by atoms with Gasteiger partial charge >= 0.3 is 0 Å². The van der Waals surface area contributed by atoms with Crippen molar-refractivity contribution in [2.75, 3.05) is 11.2 Å². The predicted molar refractivity (Wildman–Crippen MR) is 83.2 cm³/mol. The zero-order chi connectivity index (χ0) is 13.8. The van der Waals surface area contributed by atoms with E-state index in [2.05, 4.69) is 5.32 Å². The molecule has 0 saturated carbocycles. The minimum absolute atomic E-state index is 0.266. The summed E-state index contributed by atoms with van der Waals surface area (Å²) in [6.45, 7) is 0. The molecule has 0 aliphatic heterocycles. The number of carbonyl (C=O) groups is 1. The molecule has 19 heavy (non-hydrogen) atoms. The van der Waals surface area contributed by atoms with Crippen molar-refractivity contribution in [3.05, 3.63) is 50.1 Å². The number of aryl methyl sites for hydroxylation is 1. The van der Waals surface area contributed by atoms with Crippen LogP contribution in [-0.2, 0) is 6.42 Å². The SMILES string of the molecule is O=C(Nc1ccc(CCCl)cc1)c1cc(Cl)sc1Cl. The zero-order valence-electron chi connectivity index (χ0n) is 9.75. The van der Waals surface area contributed by atoms with Crippen molar-refractivity contribution in [1.29, 1.82) is 0 Å². The Balaban J connectivity index is 2.08. The highest BCUT2D eigenvalue weighted by Gasteiger charge is 2.14. The van der Waals surface area contributed by atoms with Crippen molar-refractivity contribution in [2.24, 2.45) is 0 Å². The van der Waals surface area contributed by atoms with Crippen molar-refractivity contribution in [1.82, 2.24) is 0 Å². The monoisotopic (exact) mass is 333 g/mol. The number of carbonyl (C=O) groups excluding carboxylic acids is 1. The molecule has 0 atom stereocenters. The first-order chi connectivity index (χ1) is 9.10. The Hall–Kier alpha value is -0.740. The fourth-order valence-corrected chi connectivity index (χ4v) is 3.23. The molecule has 2 rings (SSSR count). The average molecular weight is 335 g/mol. The van der Waals surface area contributed by atoms with Gasteiger partial charge < -0.3 is 5.32 Å². The molecule has 2 aromatic rings. The summed E-state index contributed by atoms with van der Waals surface area (Å²) in [7, 11) is 0. The molecule has 0 radical (unpaired) electrons. The van der Waals surface area contributed by atoms with Gasteiger partial charge in [-0.25, -0.2) is 0 Å². The van der Waals surface area contributed by atoms with Crippen molar-refractivity contribution in [2.45, 2.75) is 6.42 Å². The molecule has 0 unspecified atom stereocenters. The second-order valence-electron chi connectivity index (χ2n) is 3.83. The van der Waals surface area contributed by atoms with E-state index in [-0.39, 0.29) is 5.91 Å². The minimum Gasteiger partial charge on any atom is -0.322 e. The van der Waals surface area contributed by atoms with Crippen molar-refractivity contribution in [3.8, 4) is 0 Å². The fourth-order valence-electron chi connectivity index (χ4n) is 1.56. The highest BCUT2D eigenvalue weighted by Crippen LogP contribution is 2.31. The van der Waals surface area contributed by atoms with Gasteiger partial charge in [-0.1, -0.05) is 35.3 Å². The van der Waals surface area contributed by atoms with Crippen LogP contribution >= 0.6 is 46.1 Å². The van der Waals surface area contributed by atoms with Crippen molar-refractivity contribution in [3.63, 3.8) is 0 Å². The fraction of sp³-hybridized carbons (Fsp3) is 0.154. The minimum atomic E-state index is -0.266. The van der Waals surface area contributed by atoms with Crippen LogP contribution in [0.15, 0.2) is 30.3 Å². The summed E-state index contributed by atoms with van der Waals surface area (Å²) in [5.74, 6) is 0.313. The third kappa shape index (κ3) is 3.86. The summed E-state index contributed by atoms with van der Waals surface area (Å²) in [4.78, 5) is 12.0. The van der Waals surface area contributed by atoms with Gasteiger partial charge in [0.25, 0.3) is 5.91 Å². The number of amides is 1. The van der Waals surface area contributed by atoms with Crippen LogP contribution in [0.3, 0.4) is 0 Å². The quantitative estimate of drug-likeness (QED) is 0.775. The molecule has 1 heterocycles. The maximum Gasteiger partial charge on any atom is 0.258 e. The van der Waals surface area contributed by atoms with Gasteiger partial charge in [0, 0.05) is 11.6 Å². The van der Waals surface area contributed by atoms with Crippen LogP contribution in [0.4, 0.5) is 5.69 Å².